The van der Waals surface area contributed by atoms with Gasteiger partial charge in [0.15, 0.2) is 12.2 Å². The summed E-state index contributed by atoms with van der Waals surface area (Å²) in [5, 5.41) is 10.6. The van der Waals surface area contributed by atoms with Crippen LogP contribution in [0.25, 0.3) is 0 Å². The Hall–Kier alpha value is -1.94. The average Bonchev–Trinajstić information content (AvgIpc) is 2.76. The van der Waals surface area contributed by atoms with Gasteiger partial charge < -0.3 is 33.8 Å². The van der Waals surface area contributed by atoms with Crippen molar-refractivity contribution in [1.29, 1.82) is 0 Å². The van der Waals surface area contributed by atoms with Crippen LogP contribution in [-0.4, -0.2) is 96.7 Å². The van der Waals surface area contributed by atoms with E-state index in [9.17, 15) is 43.2 Å². The minimum Gasteiger partial charge on any atom is -0.462 e. The van der Waals surface area contributed by atoms with Crippen molar-refractivity contribution in [3.63, 3.8) is 0 Å². The summed E-state index contributed by atoms with van der Waals surface area (Å²) >= 11 is 0. The van der Waals surface area contributed by atoms with Crippen molar-refractivity contribution in [2.24, 2.45) is 17.8 Å². The monoisotopic (exact) mass is 1320 g/mol. The first-order chi connectivity index (χ1) is 43.2. The van der Waals surface area contributed by atoms with Crippen LogP contribution >= 0.6 is 15.6 Å². The van der Waals surface area contributed by atoms with E-state index in [2.05, 4.69) is 48.5 Å². The molecule has 0 heterocycles. The van der Waals surface area contributed by atoms with Gasteiger partial charge in [-0.15, -0.1) is 0 Å². The number of hydrogen-bond donors (Lipinski definition) is 3. The van der Waals surface area contributed by atoms with Gasteiger partial charge in [-0.2, -0.15) is 0 Å². The van der Waals surface area contributed by atoms with Gasteiger partial charge in [0.05, 0.1) is 26.4 Å². The van der Waals surface area contributed by atoms with E-state index in [-0.39, 0.29) is 25.7 Å². The summed E-state index contributed by atoms with van der Waals surface area (Å²) in [6.45, 7) is 11.8. The molecule has 0 fully saturated rings. The molecular formula is C71H138O17P2. The lowest BCUT2D eigenvalue weighted by molar-refractivity contribution is -0.161. The van der Waals surface area contributed by atoms with E-state index >= 15 is 0 Å². The summed E-state index contributed by atoms with van der Waals surface area (Å²) in [4.78, 5) is 72.6. The minimum atomic E-state index is -4.95. The number of phosphoric acid groups is 2. The van der Waals surface area contributed by atoms with Gasteiger partial charge >= 0.3 is 39.5 Å². The molecule has 17 nitrogen and oxygen atoms in total. The van der Waals surface area contributed by atoms with Gasteiger partial charge in [0.25, 0.3) is 0 Å². The fraction of sp³-hybridized carbons (Fsp3) is 0.944. The van der Waals surface area contributed by atoms with Gasteiger partial charge in [0.2, 0.25) is 0 Å². The third-order valence-electron chi connectivity index (χ3n) is 16.4. The van der Waals surface area contributed by atoms with Crippen molar-refractivity contribution in [2.75, 3.05) is 39.6 Å². The fourth-order valence-electron chi connectivity index (χ4n) is 10.7. The van der Waals surface area contributed by atoms with Crippen molar-refractivity contribution < 1.29 is 80.2 Å². The number of ether oxygens (including phenoxy) is 4. The van der Waals surface area contributed by atoms with Crippen LogP contribution < -0.4 is 0 Å². The number of aliphatic hydroxyl groups excluding tert-OH is 1. The molecular weight excluding hydrogens is 1190 g/mol. The van der Waals surface area contributed by atoms with Gasteiger partial charge in [-0.05, 0) is 43.4 Å². The molecule has 5 atom stereocenters. The summed E-state index contributed by atoms with van der Waals surface area (Å²) in [6.07, 6.45) is 45.7. The second-order valence-corrected chi connectivity index (χ2v) is 30.0. The van der Waals surface area contributed by atoms with E-state index < -0.39 is 97.5 Å². The van der Waals surface area contributed by atoms with Crippen molar-refractivity contribution in [3.05, 3.63) is 0 Å². The zero-order valence-corrected chi connectivity index (χ0v) is 60.4. The molecule has 0 saturated heterocycles. The lowest BCUT2D eigenvalue weighted by Gasteiger charge is -2.21. The highest BCUT2D eigenvalue weighted by atomic mass is 31.2. The van der Waals surface area contributed by atoms with Crippen LogP contribution in [0.4, 0.5) is 0 Å². The molecule has 19 heteroatoms. The highest BCUT2D eigenvalue weighted by Gasteiger charge is 2.30. The largest absolute Gasteiger partial charge is 0.472 e. The summed E-state index contributed by atoms with van der Waals surface area (Å²) in [5.74, 6) is 0.121. The summed E-state index contributed by atoms with van der Waals surface area (Å²) in [5.41, 5.74) is 0. The highest BCUT2D eigenvalue weighted by molar-refractivity contribution is 7.47. The van der Waals surface area contributed by atoms with Gasteiger partial charge in [-0.1, -0.05) is 305 Å². The van der Waals surface area contributed by atoms with Crippen molar-refractivity contribution in [2.45, 2.75) is 375 Å². The quantitative estimate of drug-likeness (QED) is 0.0222. The Labute approximate surface area is 549 Å². The lowest BCUT2D eigenvalue weighted by Crippen LogP contribution is -2.30. The number of carbonyl (C=O) groups excluding carboxylic acids is 4. The van der Waals surface area contributed by atoms with Crippen molar-refractivity contribution in [3.8, 4) is 0 Å². The van der Waals surface area contributed by atoms with Crippen LogP contribution in [0.2, 0.25) is 0 Å². The molecule has 0 aromatic heterocycles. The maximum absolute atomic E-state index is 13.0. The van der Waals surface area contributed by atoms with E-state index in [1.807, 2.05) is 0 Å². The van der Waals surface area contributed by atoms with Crippen LogP contribution in [0.5, 0.6) is 0 Å². The molecule has 0 aromatic rings. The Balaban J connectivity index is 5.26. The van der Waals surface area contributed by atoms with E-state index in [0.29, 0.717) is 25.7 Å². The molecule has 0 amide bonds. The van der Waals surface area contributed by atoms with Crippen LogP contribution in [0.1, 0.15) is 357 Å². The van der Waals surface area contributed by atoms with E-state index in [1.54, 1.807) is 0 Å². The number of esters is 4. The number of phosphoric ester groups is 2. The third kappa shape index (κ3) is 64.8. The Morgan fingerprint density at radius 2 is 0.511 bits per heavy atom. The molecule has 2 unspecified atom stereocenters. The normalized spacial score (nSPS) is 14.2. The number of carbonyl (C=O) groups is 4. The first-order valence-electron chi connectivity index (χ1n) is 36.8. The first kappa shape index (κ1) is 88.1. The molecule has 0 aliphatic carbocycles. The number of aliphatic hydroxyl groups is 1. The summed E-state index contributed by atoms with van der Waals surface area (Å²) in [7, 11) is -9.90. The van der Waals surface area contributed by atoms with Crippen molar-refractivity contribution >= 4 is 39.5 Å². The lowest BCUT2D eigenvalue weighted by atomic mass is 10.0. The zero-order chi connectivity index (χ0) is 66.6. The molecule has 0 bridgehead atoms. The van der Waals surface area contributed by atoms with Gasteiger partial charge in [-0.3, -0.25) is 37.3 Å². The molecule has 3 N–H and O–H groups in total. The Bertz CT molecular complexity index is 1770. The standard InChI is InChI=1S/C71H138O17P2/c1-8-9-10-11-12-13-14-17-24-31-38-45-52-68(73)81-58-67(88-71(76)55-48-41-34-27-20-23-30-37-44-51-64(6)7)61-86-90(79,80)84-57-65(72)56-83-89(77,78)85-60-66(59-82-69(74)53-46-39-32-26-19-22-29-36-43-50-63(4)5)87-70(75)54-47-40-33-25-18-15-16-21-28-35-42-49-62(2)3/h62-67,72H,8-61H2,1-7H3,(H,77,78)(H,79,80)/t65-,66-,67-/m1/s1. The first-order valence-corrected chi connectivity index (χ1v) is 39.8. The second kappa shape index (κ2) is 61.9. The minimum absolute atomic E-state index is 0.105. The van der Waals surface area contributed by atoms with Crippen LogP contribution in [-0.2, 0) is 65.4 Å². The molecule has 0 spiro atoms. The Kier molecular flexibility index (Phi) is 60.6. The topological polar surface area (TPSA) is 237 Å². The molecule has 0 radical (unpaired) electrons. The Morgan fingerprint density at radius 3 is 0.756 bits per heavy atom. The Morgan fingerprint density at radius 1 is 0.300 bits per heavy atom. The van der Waals surface area contributed by atoms with E-state index in [4.69, 9.17) is 37.0 Å². The zero-order valence-electron chi connectivity index (χ0n) is 58.6. The van der Waals surface area contributed by atoms with Gasteiger partial charge in [0, 0.05) is 25.7 Å². The smallest absolute Gasteiger partial charge is 0.462 e. The van der Waals surface area contributed by atoms with Crippen LogP contribution in [0.15, 0.2) is 0 Å². The average molecular weight is 1330 g/mol. The van der Waals surface area contributed by atoms with Gasteiger partial charge in [0.1, 0.15) is 19.3 Å². The summed E-state index contributed by atoms with van der Waals surface area (Å²) in [6, 6.07) is 0. The maximum atomic E-state index is 13.0. The molecule has 0 saturated carbocycles. The fourth-order valence-corrected chi connectivity index (χ4v) is 12.3. The number of rotatable bonds is 69. The molecule has 0 aromatic carbocycles. The van der Waals surface area contributed by atoms with Crippen LogP contribution in [0, 0.1) is 17.8 Å². The predicted molar refractivity (Wildman–Crippen MR) is 363 cm³/mol. The second-order valence-electron chi connectivity index (χ2n) is 27.1. The van der Waals surface area contributed by atoms with Crippen LogP contribution in [0.3, 0.4) is 0 Å². The number of hydrogen-bond acceptors (Lipinski definition) is 15. The van der Waals surface area contributed by atoms with E-state index in [0.717, 1.165) is 108 Å². The molecule has 0 rings (SSSR count). The molecule has 0 aliphatic rings. The molecule has 534 valence electrons. The number of unbranched alkanes of at least 4 members (excludes halogenated alkanes) is 37. The molecule has 0 aliphatic heterocycles. The molecule has 90 heavy (non-hydrogen) atoms. The maximum Gasteiger partial charge on any atom is 0.472 e. The van der Waals surface area contributed by atoms with Crippen molar-refractivity contribution in [1.82, 2.24) is 0 Å². The summed E-state index contributed by atoms with van der Waals surface area (Å²) < 4.78 is 68.3. The predicted octanol–water partition coefficient (Wildman–Crippen LogP) is 20.2. The highest BCUT2D eigenvalue weighted by Crippen LogP contribution is 2.45. The SMILES string of the molecule is CCCCCCCCCCCCCCC(=O)OC[C@H](COP(=O)(O)OC[C@H](O)COP(=O)(O)OC[C@@H](COC(=O)CCCCCCCCCCCC(C)C)OC(=O)CCCCCCCCCCCCCC(C)C)OC(=O)CCCCCCCCCCCC(C)C. The third-order valence-corrected chi connectivity index (χ3v) is 18.3. The van der Waals surface area contributed by atoms with Gasteiger partial charge in [-0.25, -0.2) is 9.13 Å². The van der Waals surface area contributed by atoms with E-state index in [1.165, 1.54) is 167 Å².